The summed E-state index contributed by atoms with van der Waals surface area (Å²) in [4.78, 5) is 0. The Morgan fingerprint density at radius 3 is 2.14 bits per heavy atom. The molecule has 1 radical (unpaired) electrons. The molecule has 43 valence electrons. The minimum Gasteiger partial charge on any atom is -0.329 e. The summed E-state index contributed by atoms with van der Waals surface area (Å²) in [6.45, 7) is 6.81. The molecule has 0 aromatic rings. The van der Waals surface area contributed by atoms with Crippen molar-refractivity contribution in [3.8, 4) is 0 Å². The average Bonchev–Trinajstić information content (AvgIpc) is 1.30. The molecule has 0 aliphatic rings. The lowest BCUT2D eigenvalue weighted by Gasteiger charge is -2.02. The van der Waals surface area contributed by atoms with Gasteiger partial charge in [-0.25, -0.2) is 0 Å². The lowest BCUT2D eigenvalue weighted by molar-refractivity contribution is 0.360. The summed E-state index contributed by atoms with van der Waals surface area (Å²) >= 11 is 0. The van der Waals surface area contributed by atoms with E-state index in [-0.39, 0.29) is 0 Å². The maximum Gasteiger partial charge on any atom is 0.197 e. The topological polar surface area (TPSA) is 26.3 Å². The predicted octanol–water partition coefficient (Wildman–Crippen LogP) is 1.37. The van der Waals surface area contributed by atoms with Crippen LogP contribution in [0.1, 0.15) is 0 Å². The lowest BCUT2D eigenvalue weighted by atomic mass is 10.9. The minimum atomic E-state index is -2.23. The largest absolute Gasteiger partial charge is 0.329 e. The van der Waals surface area contributed by atoms with Crippen molar-refractivity contribution in [1.82, 2.24) is 0 Å². The van der Waals surface area contributed by atoms with Crippen molar-refractivity contribution in [1.29, 1.82) is 0 Å². The van der Waals surface area contributed by atoms with Gasteiger partial charge in [-0.15, -0.1) is 0 Å². The van der Waals surface area contributed by atoms with Crippen LogP contribution in [0.5, 0.6) is 0 Å². The molecular formula is C4H10O2P. The van der Waals surface area contributed by atoms with Crippen LogP contribution in [0.25, 0.3) is 0 Å². The van der Waals surface area contributed by atoms with Gasteiger partial charge in [-0.05, 0) is 6.92 Å². The fourth-order valence-corrected chi connectivity index (χ4v) is 0.660. The highest BCUT2D eigenvalue weighted by atomic mass is 31.2. The maximum absolute atomic E-state index is 10.6. The first-order chi connectivity index (χ1) is 3.06. The van der Waals surface area contributed by atoms with Gasteiger partial charge in [0.1, 0.15) is 0 Å². The van der Waals surface area contributed by atoms with Crippen LogP contribution in [0.3, 0.4) is 0 Å². The quantitative estimate of drug-likeness (QED) is 0.516. The Balaban J connectivity index is 3.36. The maximum atomic E-state index is 10.6. The molecule has 2 nitrogen and oxygen atoms in total. The summed E-state index contributed by atoms with van der Waals surface area (Å²) in [7, 11) is -2.23. The normalized spacial score (nSPS) is 11.9. The molecule has 0 saturated heterocycles. The minimum absolute atomic E-state index is 0.296. The number of rotatable bonds is 2. The highest BCUT2D eigenvalue weighted by Crippen LogP contribution is 2.36. The van der Waals surface area contributed by atoms with Crippen molar-refractivity contribution < 1.29 is 9.09 Å². The predicted molar refractivity (Wildman–Crippen MR) is 30.8 cm³/mol. The van der Waals surface area contributed by atoms with Crippen molar-refractivity contribution in [2.45, 2.75) is 0 Å². The van der Waals surface area contributed by atoms with Gasteiger partial charge in [0.15, 0.2) is 7.37 Å². The van der Waals surface area contributed by atoms with Gasteiger partial charge in [0.05, 0.1) is 6.61 Å². The average molecular weight is 121 g/mol. The van der Waals surface area contributed by atoms with E-state index in [4.69, 9.17) is 0 Å². The third kappa shape index (κ3) is 6.19. The third-order valence-corrected chi connectivity index (χ3v) is 1.21. The Morgan fingerprint density at radius 1 is 1.71 bits per heavy atom. The Kier molecular flexibility index (Phi) is 2.55. The van der Waals surface area contributed by atoms with Crippen molar-refractivity contribution in [3.05, 3.63) is 6.92 Å². The second-order valence-electron chi connectivity index (χ2n) is 1.59. The SMILES string of the molecule is [CH2]COP(C)(C)=O. The fraction of sp³-hybridized carbons (Fsp3) is 0.750. The zero-order valence-electron chi connectivity index (χ0n) is 4.68. The van der Waals surface area contributed by atoms with Crippen LogP contribution in [-0.4, -0.2) is 19.9 Å². The molecule has 0 saturated carbocycles. The zero-order valence-corrected chi connectivity index (χ0v) is 5.57. The van der Waals surface area contributed by atoms with Crippen molar-refractivity contribution in [2.75, 3.05) is 19.9 Å². The van der Waals surface area contributed by atoms with Gasteiger partial charge in [-0.3, -0.25) is 4.57 Å². The van der Waals surface area contributed by atoms with E-state index in [1.807, 2.05) is 0 Å². The van der Waals surface area contributed by atoms with E-state index in [1.165, 1.54) is 0 Å². The molecule has 0 atom stereocenters. The molecule has 0 fully saturated rings. The smallest absolute Gasteiger partial charge is 0.197 e. The van der Waals surface area contributed by atoms with Gasteiger partial charge >= 0.3 is 0 Å². The molecule has 0 aromatic carbocycles. The number of hydrogen-bond acceptors (Lipinski definition) is 2. The lowest BCUT2D eigenvalue weighted by Crippen LogP contribution is -1.83. The van der Waals surface area contributed by atoms with E-state index in [0.717, 1.165) is 0 Å². The highest BCUT2D eigenvalue weighted by molar-refractivity contribution is 7.57. The Labute approximate surface area is 44.3 Å². The van der Waals surface area contributed by atoms with E-state index in [1.54, 1.807) is 13.3 Å². The van der Waals surface area contributed by atoms with Crippen LogP contribution < -0.4 is 0 Å². The first-order valence-electron chi connectivity index (χ1n) is 2.05. The second kappa shape index (κ2) is 2.49. The van der Waals surface area contributed by atoms with Gasteiger partial charge in [0.25, 0.3) is 0 Å². The summed E-state index contributed by atoms with van der Waals surface area (Å²) in [6.07, 6.45) is 0. The third-order valence-electron chi connectivity index (χ3n) is 0.402. The monoisotopic (exact) mass is 121 g/mol. The van der Waals surface area contributed by atoms with E-state index >= 15 is 0 Å². The number of hydrogen-bond donors (Lipinski definition) is 0. The molecule has 0 N–H and O–H groups in total. The molecule has 0 spiro atoms. The van der Waals surface area contributed by atoms with Crippen molar-refractivity contribution >= 4 is 7.37 Å². The van der Waals surface area contributed by atoms with E-state index < -0.39 is 7.37 Å². The van der Waals surface area contributed by atoms with E-state index in [2.05, 4.69) is 11.4 Å². The van der Waals surface area contributed by atoms with Gasteiger partial charge in [0.2, 0.25) is 0 Å². The molecular weight excluding hydrogens is 111 g/mol. The summed E-state index contributed by atoms with van der Waals surface area (Å²) in [5.74, 6) is 0. The van der Waals surface area contributed by atoms with Crippen LogP contribution in [0.4, 0.5) is 0 Å². The molecule has 7 heavy (non-hydrogen) atoms. The highest BCUT2D eigenvalue weighted by Gasteiger charge is 2.02. The van der Waals surface area contributed by atoms with Crippen LogP contribution in [0.15, 0.2) is 0 Å². The summed E-state index contributed by atoms with van der Waals surface area (Å²) < 4.78 is 15.2. The van der Waals surface area contributed by atoms with Crippen LogP contribution in [0.2, 0.25) is 0 Å². The van der Waals surface area contributed by atoms with Crippen LogP contribution in [-0.2, 0) is 9.09 Å². The molecule has 0 heterocycles. The first kappa shape index (κ1) is 7.19. The molecule has 0 unspecified atom stereocenters. The Hall–Kier alpha value is 0.190. The van der Waals surface area contributed by atoms with Gasteiger partial charge in [0, 0.05) is 13.3 Å². The van der Waals surface area contributed by atoms with Crippen LogP contribution >= 0.6 is 7.37 Å². The summed E-state index contributed by atoms with van der Waals surface area (Å²) in [5, 5.41) is 0. The molecule has 3 heteroatoms. The van der Waals surface area contributed by atoms with Gasteiger partial charge in [-0.2, -0.15) is 0 Å². The van der Waals surface area contributed by atoms with E-state index in [0.29, 0.717) is 6.61 Å². The molecule has 0 aromatic heterocycles. The summed E-state index contributed by atoms with van der Waals surface area (Å²) in [6, 6.07) is 0. The Morgan fingerprint density at radius 2 is 2.14 bits per heavy atom. The van der Waals surface area contributed by atoms with E-state index in [9.17, 15) is 4.57 Å². The van der Waals surface area contributed by atoms with Crippen molar-refractivity contribution in [3.63, 3.8) is 0 Å². The van der Waals surface area contributed by atoms with Crippen molar-refractivity contribution in [2.24, 2.45) is 0 Å². The standard InChI is InChI=1S/C4H10O2P/c1-4-6-7(2,3)5/h1,4H2,2-3H3. The molecule has 0 aliphatic carbocycles. The van der Waals surface area contributed by atoms with Gasteiger partial charge < -0.3 is 4.52 Å². The molecule has 0 amide bonds. The second-order valence-corrected chi connectivity index (χ2v) is 4.35. The zero-order chi connectivity index (χ0) is 5.91. The molecule has 0 bridgehead atoms. The molecule has 0 rings (SSSR count). The van der Waals surface area contributed by atoms with Gasteiger partial charge in [-0.1, -0.05) is 0 Å². The van der Waals surface area contributed by atoms with Crippen LogP contribution in [0, 0.1) is 6.92 Å². The molecule has 0 aliphatic heterocycles. The Bertz CT molecular complexity index is 83.7. The summed E-state index contributed by atoms with van der Waals surface area (Å²) in [5.41, 5.74) is 0. The fourth-order valence-electron chi connectivity index (χ4n) is 0.220. The first-order valence-corrected chi connectivity index (χ1v) is 4.57.